The van der Waals surface area contributed by atoms with Crippen LogP contribution in [0.15, 0.2) is 60.7 Å². The minimum atomic E-state index is -3.24. The first kappa shape index (κ1) is 67.8. The van der Waals surface area contributed by atoms with E-state index < -0.39 is 66.9 Å². The average Bonchev–Trinajstić information content (AvgIpc) is 3.27. The van der Waals surface area contributed by atoms with Crippen LogP contribution in [0, 0.1) is 23.7 Å². The summed E-state index contributed by atoms with van der Waals surface area (Å²) in [7, 11) is -6.48. The second-order valence-corrected chi connectivity index (χ2v) is 27.4. The predicted molar refractivity (Wildman–Crippen MR) is 300 cm³/mol. The number of carbonyl (C=O) groups excluding carboxylic acids is 4. The molecule has 4 rings (SSSR count). The molecular formula is C56H98N6O10S2. The van der Waals surface area contributed by atoms with Gasteiger partial charge in [0.05, 0.1) is 72.2 Å². The number of benzene rings is 2. The highest BCUT2D eigenvalue weighted by Gasteiger charge is 2.35. The van der Waals surface area contributed by atoms with Crippen molar-refractivity contribution in [3.05, 3.63) is 71.8 Å². The van der Waals surface area contributed by atoms with Crippen LogP contribution in [0.2, 0.25) is 0 Å². The zero-order valence-corrected chi connectivity index (χ0v) is 47.9. The largest absolute Gasteiger partial charge is 0.389 e. The van der Waals surface area contributed by atoms with Crippen LogP contribution in [0.3, 0.4) is 0 Å². The molecule has 0 radical (unpaired) electrons. The average molecular weight is 1080 g/mol. The van der Waals surface area contributed by atoms with Crippen LogP contribution in [0.4, 0.5) is 9.59 Å². The zero-order valence-electron chi connectivity index (χ0n) is 46.3. The molecule has 74 heavy (non-hydrogen) atoms. The van der Waals surface area contributed by atoms with Crippen LogP contribution in [0.1, 0.15) is 147 Å². The number of amides is 6. The summed E-state index contributed by atoms with van der Waals surface area (Å²) < 4.78 is 48.2. The van der Waals surface area contributed by atoms with Crippen LogP contribution >= 0.6 is 0 Å². The highest BCUT2D eigenvalue weighted by Crippen LogP contribution is 2.22. The molecule has 0 unspecified atom stereocenters. The summed E-state index contributed by atoms with van der Waals surface area (Å²) in [6.07, 6.45) is 3.42. The number of aliphatic hydroxyl groups excluding tert-OH is 2. The van der Waals surface area contributed by atoms with E-state index in [1.165, 1.54) is 6.42 Å². The molecule has 2 aromatic carbocycles. The Labute approximate surface area is 447 Å². The number of urea groups is 2. The zero-order chi connectivity index (χ0) is 55.2. The molecule has 0 spiro atoms. The topological polar surface area (TPSA) is 232 Å². The molecule has 2 saturated heterocycles. The fraction of sp³-hybridized carbons (Fsp3) is 0.714. The Kier molecular flexibility index (Phi) is 29.6. The minimum absolute atomic E-state index is 0. The van der Waals surface area contributed by atoms with Crippen molar-refractivity contribution < 1.29 is 46.2 Å². The Morgan fingerprint density at radius 1 is 0.595 bits per heavy atom. The smallest absolute Gasteiger partial charge is 0.317 e. The lowest BCUT2D eigenvalue weighted by Gasteiger charge is -2.33. The molecular weight excluding hydrogens is 981 g/mol. The molecule has 0 bridgehead atoms. The first-order valence-corrected chi connectivity index (χ1v) is 30.2. The van der Waals surface area contributed by atoms with Crippen molar-refractivity contribution in [1.82, 2.24) is 31.1 Å². The van der Waals surface area contributed by atoms with Gasteiger partial charge in [0.1, 0.15) is 0 Å². The van der Waals surface area contributed by atoms with E-state index >= 15 is 0 Å². The van der Waals surface area contributed by atoms with E-state index in [9.17, 15) is 46.2 Å². The van der Waals surface area contributed by atoms with Gasteiger partial charge in [0.2, 0.25) is 11.8 Å². The number of hydrogen-bond acceptors (Lipinski definition) is 10. The molecule has 0 aliphatic carbocycles. The normalized spacial score (nSPS) is 18.8. The third-order valence-electron chi connectivity index (χ3n) is 12.2. The Morgan fingerprint density at radius 2 is 0.905 bits per heavy atom. The molecule has 424 valence electrons. The van der Waals surface area contributed by atoms with E-state index in [1.807, 2.05) is 102 Å². The second-order valence-electron chi connectivity index (χ2n) is 23.0. The molecule has 2 heterocycles. The lowest BCUT2D eigenvalue weighted by atomic mass is 9.98. The minimum Gasteiger partial charge on any atom is -0.389 e. The van der Waals surface area contributed by atoms with Gasteiger partial charge in [-0.3, -0.25) is 9.59 Å². The van der Waals surface area contributed by atoms with Crippen LogP contribution in [-0.2, 0) is 42.1 Å². The Bertz CT molecular complexity index is 2030. The Morgan fingerprint density at radius 3 is 1.18 bits per heavy atom. The number of rotatable bonds is 20. The molecule has 2 fully saturated rings. The predicted octanol–water partition coefficient (Wildman–Crippen LogP) is 7.56. The van der Waals surface area contributed by atoms with Crippen LogP contribution in [0.5, 0.6) is 0 Å². The molecule has 0 aromatic heterocycles. The molecule has 18 heteroatoms. The summed E-state index contributed by atoms with van der Waals surface area (Å²) >= 11 is 0. The van der Waals surface area contributed by atoms with Crippen LogP contribution < -0.4 is 21.3 Å². The molecule has 2 aromatic rings. The van der Waals surface area contributed by atoms with Gasteiger partial charge in [-0.2, -0.15) is 0 Å². The summed E-state index contributed by atoms with van der Waals surface area (Å²) in [6, 6.07) is 17.1. The van der Waals surface area contributed by atoms with Gasteiger partial charge < -0.3 is 41.3 Å². The van der Waals surface area contributed by atoms with E-state index in [4.69, 9.17) is 0 Å². The Hall–Kier alpha value is -4.26. The summed E-state index contributed by atoms with van der Waals surface area (Å²) in [5.74, 6) is -1.32. The van der Waals surface area contributed by atoms with Crippen molar-refractivity contribution in [1.29, 1.82) is 0 Å². The standard InChI is InChI=1S/2C26H43N3O5S.C3H8.CH4/c2*1-19(2)13-14-29(25(32)28-26(3,4)5)17-23(30)22(16-20-10-7-6-8-11-20)27-24(31)21-12-9-15-35(33,34)18-21;1-3-2;/h2*6-8,10-11,19,21-23,30H,9,12-18H2,1-5H3,(H,27,31)(H,28,32);3H2,1-2H3;1H4/t21-,22+,23-;21-,22-,23+;;/m10../s1. The SMILES string of the molecule is C.CC(C)CCN(C[C@@H](O)[C@H](Cc1ccccc1)NC(=O)[C@@H]1CCCS(=O)(=O)C1)C(=O)NC(C)(C)C.CC(C)CCN(C[C@@H](O)[C@H](Cc1ccccc1)NC(=O)[C@H]1CCCS(=O)(=O)C1)C(=O)NC(C)(C)C.CCC. The van der Waals surface area contributed by atoms with Crippen LogP contribution in [-0.4, -0.2) is 145 Å². The number of nitrogens with one attached hydrogen (secondary N) is 4. The summed E-state index contributed by atoms with van der Waals surface area (Å²) in [4.78, 5) is 55.2. The van der Waals surface area contributed by atoms with Crippen molar-refractivity contribution in [2.24, 2.45) is 23.7 Å². The summed E-state index contributed by atoms with van der Waals surface area (Å²) in [5.41, 5.74) is 1.01. The number of hydrogen-bond donors (Lipinski definition) is 6. The number of sulfone groups is 2. The first-order valence-electron chi connectivity index (χ1n) is 26.5. The van der Waals surface area contributed by atoms with Crippen molar-refractivity contribution in [2.45, 2.75) is 184 Å². The molecule has 6 amide bonds. The lowest BCUT2D eigenvalue weighted by molar-refractivity contribution is -0.127. The van der Waals surface area contributed by atoms with Gasteiger partial charge in [-0.05, 0) is 116 Å². The van der Waals surface area contributed by atoms with Gasteiger partial charge in [0, 0.05) is 24.2 Å². The highest BCUT2D eigenvalue weighted by atomic mass is 32.2. The fourth-order valence-electron chi connectivity index (χ4n) is 8.25. The van der Waals surface area contributed by atoms with Gasteiger partial charge in [-0.15, -0.1) is 0 Å². The summed E-state index contributed by atoms with van der Waals surface area (Å²) in [5, 5.41) is 34.3. The monoisotopic (exact) mass is 1080 g/mol. The van der Waals surface area contributed by atoms with E-state index in [1.54, 1.807) is 9.80 Å². The molecule has 2 aliphatic heterocycles. The second kappa shape index (κ2) is 32.4. The van der Waals surface area contributed by atoms with Gasteiger partial charge in [-0.25, -0.2) is 26.4 Å². The van der Waals surface area contributed by atoms with Crippen molar-refractivity contribution in [3.63, 3.8) is 0 Å². The van der Waals surface area contributed by atoms with Crippen LogP contribution in [0.25, 0.3) is 0 Å². The van der Waals surface area contributed by atoms with Gasteiger partial charge >= 0.3 is 12.1 Å². The maximum atomic E-state index is 13.0. The van der Waals surface area contributed by atoms with E-state index in [2.05, 4.69) is 62.8 Å². The highest BCUT2D eigenvalue weighted by molar-refractivity contribution is 7.91. The third-order valence-corrected chi connectivity index (χ3v) is 15.8. The van der Waals surface area contributed by atoms with Crippen molar-refractivity contribution >= 4 is 43.6 Å². The number of nitrogens with zero attached hydrogens (tertiary/aromatic N) is 2. The van der Waals surface area contributed by atoms with Gasteiger partial charge in [0.15, 0.2) is 19.7 Å². The van der Waals surface area contributed by atoms with Gasteiger partial charge in [0.25, 0.3) is 0 Å². The molecule has 16 nitrogen and oxygen atoms in total. The maximum Gasteiger partial charge on any atom is 0.317 e. The number of aliphatic hydroxyl groups is 2. The molecule has 6 N–H and O–H groups in total. The van der Waals surface area contributed by atoms with Gasteiger partial charge in [-0.1, -0.05) is 116 Å². The number of carbonyl (C=O) groups is 4. The Balaban J connectivity index is 0.000000693. The first-order chi connectivity index (χ1) is 33.9. The van der Waals surface area contributed by atoms with E-state index in [0.29, 0.717) is 63.5 Å². The molecule has 6 atom stereocenters. The fourth-order valence-corrected chi connectivity index (χ4v) is 11.7. The lowest BCUT2D eigenvalue weighted by Crippen LogP contribution is -2.55. The maximum absolute atomic E-state index is 13.0. The van der Waals surface area contributed by atoms with E-state index in [0.717, 1.165) is 24.0 Å². The van der Waals surface area contributed by atoms with E-state index in [-0.39, 0.29) is 67.4 Å². The summed E-state index contributed by atoms with van der Waals surface area (Å²) in [6.45, 7) is 25.0. The quantitative estimate of drug-likeness (QED) is 0.0762. The third kappa shape index (κ3) is 28.0. The molecule has 2 aliphatic rings. The van der Waals surface area contributed by atoms with Crippen molar-refractivity contribution in [2.75, 3.05) is 49.2 Å². The molecule has 0 saturated carbocycles. The van der Waals surface area contributed by atoms with Crippen molar-refractivity contribution in [3.8, 4) is 0 Å².